The molecule has 0 unspecified atom stereocenters. The lowest BCUT2D eigenvalue weighted by molar-refractivity contribution is 0.107. The lowest BCUT2D eigenvalue weighted by Gasteiger charge is -2.43. The SMILES string of the molecule is CC1(C)CCC(CN)(Cc2ccc(Br)cn2)CC1. The van der Waals surface area contributed by atoms with Gasteiger partial charge in [0.25, 0.3) is 0 Å². The molecule has 0 bridgehead atoms. The topological polar surface area (TPSA) is 38.9 Å². The van der Waals surface area contributed by atoms with Gasteiger partial charge >= 0.3 is 0 Å². The molecule has 0 aromatic carbocycles. The monoisotopic (exact) mass is 310 g/mol. The highest BCUT2D eigenvalue weighted by molar-refractivity contribution is 9.10. The van der Waals surface area contributed by atoms with Crippen LogP contribution in [-0.2, 0) is 6.42 Å². The molecule has 1 fully saturated rings. The molecule has 0 atom stereocenters. The molecule has 3 heteroatoms. The van der Waals surface area contributed by atoms with Crippen LogP contribution in [0.5, 0.6) is 0 Å². The number of hydrogen-bond acceptors (Lipinski definition) is 2. The number of rotatable bonds is 3. The van der Waals surface area contributed by atoms with Crippen LogP contribution in [-0.4, -0.2) is 11.5 Å². The fraction of sp³-hybridized carbons (Fsp3) is 0.667. The largest absolute Gasteiger partial charge is 0.330 e. The van der Waals surface area contributed by atoms with Crippen molar-refractivity contribution in [1.82, 2.24) is 4.98 Å². The highest BCUT2D eigenvalue weighted by atomic mass is 79.9. The maximum absolute atomic E-state index is 6.07. The lowest BCUT2D eigenvalue weighted by atomic mass is 9.63. The molecule has 0 aliphatic heterocycles. The van der Waals surface area contributed by atoms with Gasteiger partial charge in [-0.05, 0) is 77.5 Å². The highest BCUT2D eigenvalue weighted by Gasteiger charge is 2.37. The van der Waals surface area contributed by atoms with E-state index in [-0.39, 0.29) is 5.41 Å². The molecule has 0 amide bonds. The second-order valence-corrected chi connectivity index (χ2v) is 7.43. The Bertz CT molecular complexity index is 387. The van der Waals surface area contributed by atoms with Crippen LogP contribution in [0.4, 0.5) is 0 Å². The Balaban J connectivity index is 2.07. The van der Waals surface area contributed by atoms with Gasteiger partial charge in [0.1, 0.15) is 0 Å². The van der Waals surface area contributed by atoms with E-state index in [1.54, 1.807) is 0 Å². The number of nitrogens with two attached hydrogens (primary N) is 1. The van der Waals surface area contributed by atoms with Crippen LogP contribution >= 0.6 is 15.9 Å². The van der Waals surface area contributed by atoms with E-state index < -0.39 is 0 Å². The van der Waals surface area contributed by atoms with Crippen LogP contribution in [0.2, 0.25) is 0 Å². The second kappa shape index (κ2) is 5.30. The molecule has 1 aromatic rings. The van der Waals surface area contributed by atoms with E-state index in [2.05, 4.69) is 46.9 Å². The van der Waals surface area contributed by atoms with Gasteiger partial charge in [-0.3, -0.25) is 4.98 Å². The summed E-state index contributed by atoms with van der Waals surface area (Å²) in [6.45, 7) is 5.51. The van der Waals surface area contributed by atoms with Crippen LogP contribution in [0.15, 0.2) is 22.8 Å². The van der Waals surface area contributed by atoms with Crippen molar-refractivity contribution >= 4 is 15.9 Å². The van der Waals surface area contributed by atoms with Crippen molar-refractivity contribution in [2.75, 3.05) is 6.54 Å². The molecule has 2 nitrogen and oxygen atoms in total. The summed E-state index contributed by atoms with van der Waals surface area (Å²) in [4.78, 5) is 4.50. The van der Waals surface area contributed by atoms with Crippen molar-refractivity contribution in [2.45, 2.75) is 46.0 Å². The van der Waals surface area contributed by atoms with Crippen molar-refractivity contribution < 1.29 is 0 Å². The molecular weight excluding hydrogens is 288 g/mol. The summed E-state index contributed by atoms with van der Waals surface area (Å²) >= 11 is 3.43. The first-order chi connectivity index (χ1) is 8.45. The fourth-order valence-corrected chi connectivity index (χ4v) is 3.04. The normalized spacial score (nSPS) is 21.8. The first-order valence-electron chi connectivity index (χ1n) is 6.75. The molecular formula is C15H23BrN2. The number of nitrogens with zero attached hydrogens (tertiary/aromatic N) is 1. The molecule has 1 heterocycles. The van der Waals surface area contributed by atoms with Gasteiger partial charge in [-0.2, -0.15) is 0 Å². The van der Waals surface area contributed by atoms with Crippen LogP contribution in [0, 0.1) is 10.8 Å². The minimum atomic E-state index is 0.274. The minimum Gasteiger partial charge on any atom is -0.330 e. The summed E-state index contributed by atoms with van der Waals surface area (Å²) in [6, 6.07) is 4.18. The molecule has 2 rings (SSSR count). The summed E-state index contributed by atoms with van der Waals surface area (Å²) in [5.41, 5.74) is 8.00. The van der Waals surface area contributed by atoms with E-state index in [0.29, 0.717) is 5.41 Å². The Hall–Kier alpha value is -0.410. The smallest absolute Gasteiger partial charge is 0.0413 e. The zero-order chi connectivity index (χ0) is 13.2. The van der Waals surface area contributed by atoms with E-state index in [4.69, 9.17) is 5.73 Å². The lowest BCUT2D eigenvalue weighted by Crippen LogP contribution is -2.39. The average Bonchev–Trinajstić information content (AvgIpc) is 2.35. The Labute approximate surface area is 119 Å². The number of halogens is 1. The Morgan fingerprint density at radius 2 is 1.89 bits per heavy atom. The van der Waals surface area contributed by atoms with Crippen molar-refractivity contribution in [3.8, 4) is 0 Å². The third-order valence-corrected chi connectivity index (χ3v) is 4.91. The molecule has 0 radical (unpaired) electrons. The molecule has 1 aromatic heterocycles. The van der Waals surface area contributed by atoms with Gasteiger partial charge in [-0.1, -0.05) is 13.8 Å². The molecule has 0 spiro atoms. The van der Waals surface area contributed by atoms with Crippen molar-refractivity contribution in [2.24, 2.45) is 16.6 Å². The van der Waals surface area contributed by atoms with Crippen LogP contribution in [0.25, 0.3) is 0 Å². The zero-order valence-electron chi connectivity index (χ0n) is 11.4. The van der Waals surface area contributed by atoms with Crippen LogP contribution in [0.1, 0.15) is 45.2 Å². The van der Waals surface area contributed by atoms with Crippen LogP contribution < -0.4 is 5.73 Å². The van der Waals surface area contributed by atoms with E-state index >= 15 is 0 Å². The number of hydrogen-bond donors (Lipinski definition) is 1. The predicted octanol–water partition coefficient (Wildman–Crippen LogP) is 3.93. The van der Waals surface area contributed by atoms with Gasteiger partial charge in [-0.25, -0.2) is 0 Å². The summed E-state index contributed by atoms with van der Waals surface area (Å²) < 4.78 is 1.04. The third kappa shape index (κ3) is 3.33. The molecule has 1 aliphatic carbocycles. The van der Waals surface area contributed by atoms with E-state index in [0.717, 1.165) is 17.4 Å². The molecule has 1 aliphatic rings. The van der Waals surface area contributed by atoms with Gasteiger partial charge in [0, 0.05) is 16.4 Å². The van der Waals surface area contributed by atoms with E-state index in [1.807, 2.05) is 6.20 Å². The van der Waals surface area contributed by atoms with Gasteiger partial charge in [-0.15, -0.1) is 0 Å². The molecule has 100 valence electrons. The Morgan fingerprint density at radius 1 is 1.22 bits per heavy atom. The second-order valence-electron chi connectivity index (χ2n) is 6.51. The number of aromatic nitrogens is 1. The first kappa shape index (κ1) is 14.0. The molecule has 1 saturated carbocycles. The van der Waals surface area contributed by atoms with Gasteiger partial charge in [0.2, 0.25) is 0 Å². The standard InChI is InChI=1S/C15H23BrN2/c1-14(2)5-7-15(11-17,8-6-14)9-13-4-3-12(16)10-18-13/h3-4,10H,5-9,11,17H2,1-2H3. The molecule has 18 heavy (non-hydrogen) atoms. The molecule has 2 N–H and O–H groups in total. The number of pyridine rings is 1. The van der Waals surface area contributed by atoms with Gasteiger partial charge in [0.05, 0.1) is 0 Å². The minimum absolute atomic E-state index is 0.274. The van der Waals surface area contributed by atoms with Gasteiger partial charge < -0.3 is 5.73 Å². The predicted molar refractivity (Wildman–Crippen MR) is 79.4 cm³/mol. The summed E-state index contributed by atoms with van der Waals surface area (Å²) in [5, 5.41) is 0. The third-order valence-electron chi connectivity index (χ3n) is 4.44. The highest BCUT2D eigenvalue weighted by Crippen LogP contribution is 2.46. The van der Waals surface area contributed by atoms with E-state index in [9.17, 15) is 0 Å². The zero-order valence-corrected chi connectivity index (χ0v) is 13.0. The summed E-state index contributed by atoms with van der Waals surface area (Å²) in [5.74, 6) is 0. The molecule has 0 saturated heterocycles. The van der Waals surface area contributed by atoms with E-state index in [1.165, 1.54) is 31.4 Å². The Kier molecular flexibility index (Phi) is 4.12. The maximum atomic E-state index is 6.07. The van der Waals surface area contributed by atoms with Crippen molar-refractivity contribution in [1.29, 1.82) is 0 Å². The summed E-state index contributed by atoms with van der Waals surface area (Å²) in [7, 11) is 0. The average molecular weight is 311 g/mol. The quantitative estimate of drug-likeness (QED) is 0.918. The summed E-state index contributed by atoms with van der Waals surface area (Å²) in [6.07, 6.45) is 7.92. The van der Waals surface area contributed by atoms with Crippen molar-refractivity contribution in [3.63, 3.8) is 0 Å². The van der Waals surface area contributed by atoms with Crippen molar-refractivity contribution in [3.05, 3.63) is 28.5 Å². The Morgan fingerprint density at radius 3 is 2.39 bits per heavy atom. The first-order valence-corrected chi connectivity index (χ1v) is 7.55. The maximum Gasteiger partial charge on any atom is 0.0413 e. The van der Waals surface area contributed by atoms with Crippen LogP contribution in [0.3, 0.4) is 0 Å². The van der Waals surface area contributed by atoms with Gasteiger partial charge in [0.15, 0.2) is 0 Å². The fourth-order valence-electron chi connectivity index (χ4n) is 2.81.